The largest absolute Gasteiger partial charge is 0.381 e. The Hall–Kier alpha value is -1.27. The molecule has 0 saturated heterocycles. The van der Waals surface area contributed by atoms with E-state index in [4.69, 9.17) is 5.73 Å². The van der Waals surface area contributed by atoms with E-state index in [1.165, 1.54) is 116 Å². The maximum absolute atomic E-state index is 12.9. The number of carbonyl (C=O) groups excluding carboxylic acids is 3. The van der Waals surface area contributed by atoms with Crippen LogP contribution in [0.1, 0.15) is 201 Å². The quantitative estimate of drug-likeness (QED) is 0.0506. The highest BCUT2D eigenvalue weighted by molar-refractivity contribution is 6.13. The Morgan fingerprint density at radius 1 is 0.558 bits per heavy atom. The van der Waals surface area contributed by atoms with E-state index in [9.17, 15) is 24.6 Å². The Morgan fingerprint density at radius 2 is 0.930 bits per heavy atom. The molecule has 0 aromatic carbocycles. The molecule has 4 N–H and O–H groups in total. The molecule has 0 rings (SSSR count). The third kappa shape index (κ3) is 20.4. The van der Waals surface area contributed by atoms with Gasteiger partial charge in [0.1, 0.15) is 0 Å². The summed E-state index contributed by atoms with van der Waals surface area (Å²) < 4.78 is 0. The van der Waals surface area contributed by atoms with Gasteiger partial charge in [0.05, 0.1) is 0 Å². The first kappa shape index (κ1) is 41.7. The Balaban J connectivity index is 4.24. The third-order valence-electron chi connectivity index (χ3n) is 9.34. The van der Waals surface area contributed by atoms with Gasteiger partial charge in [0.2, 0.25) is 5.60 Å². The topological polar surface area (TPSA) is 118 Å². The number of aliphatic hydroxyl groups is 2. The Kier molecular flexibility index (Phi) is 27.4. The number of amides is 1. The van der Waals surface area contributed by atoms with Crippen LogP contribution >= 0.6 is 0 Å². The fourth-order valence-electron chi connectivity index (χ4n) is 6.15. The van der Waals surface area contributed by atoms with Gasteiger partial charge in [-0.2, -0.15) is 0 Å². The minimum Gasteiger partial charge on any atom is -0.381 e. The fourth-order valence-corrected chi connectivity index (χ4v) is 6.15. The van der Waals surface area contributed by atoms with Gasteiger partial charge in [-0.1, -0.05) is 175 Å². The Labute approximate surface area is 265 Å². The number of nitrogens with two attached hydrogens (primary N) is 1. The van der Waals surface area contributed by atoms with Crippen LogP contribution in [0, 0.1) is 5.92 Å². The van der Waals surface area contributed by atoms with Crippen LogP contribution in [0.4, 0.5) is 0 Å². The molecule has 3 atom stereocenters. The molecule has 6 nitrogen and oxygen atoms in total. The van der Waals surface area contributed by atoms with Gasteiger partial charge in [0, 0.05) is 12.8 Å². The minimum atomic E-state index is -2.84. The van der Waals surface area contributed by atoms with E-state index in [-0.39, 0.29) is 12.8 Å². The SMILES string of the molecule is CCCCCCCCCCCCCCCC(=O)C(O)C(O)(C(N)=O)C(=O)CCCC(CC)CCCCCCCCCCC. The van der Waals surface area contributed by atoms with Crippen LogP contribution in [0.3, 0.4) is 0 Å². The van der Waals surface area contributed by atoms with Gasteiger partial charge < -0.3 is 15.9 Å². The van der Waals surface area contributed by atoms with Crippen molar-refractivity contribution in [2.75, 3.05) is 0 Å². The van der Waals surface area contributed by atoms with E-state index in [1.54, 1.807) is 0 Å². The van der Waals surface area contributed by atoms with Gasteiger partial charge >= 0.3 is 0 Å². The summed E-state index contributed by atoms with van der Waals surface area (Å²) in [4.78, 5) is 37.6. The zero-order chi connectivity index (χ0) is 32.2. The Morgan fingerprint density at radius 3 is 1.33 bits per heavy atom. The number of primary amides is 1. The number of carbonyl (C=O) groups is 3. The molecule has 0 aromatic heterocycles. The van der Waals surface area contributed by atoms with Crippen LogP contribution < -0.4 is 5.73 Å². The highest BCUT2D eigenvalue weighted by atomic mass is 16.4. The lowest BCUT2D eigenvalue weighted by Crippen LogP contribution is -2.61. The van der Waals surface area contributed by atoms with Crippen molar-refractivity contribution in [3.63, 3.8) is 0 Å². The smallest absolute Gasteiger partial charge is 0.260 e. The minimum absolute atomic E-state index is 0.0262. The zero-order valence-corrected chi connectivity index (χ0v) is 28.7. The molecule has 43 heavy (non-hydrogen) atoms. The standard InChI is InChI=1S/C37H71NO5/c1-4-7-9-11-13-15-16-17-18-20-22-24-26-30-33(39)35(41)37(43,36(38)42)34(40)31-27-29-32(6-3)28-25-23-21-19-14-12-10-8-5-2/h32,35,41,43H,4-31H2,1-3H3,(H2,38,42). The molecule has 1 amide bonds. The van der Waals surface area contributed by atoms with Crippen molar-refractivity contribution in [1.29, 1.82) is 0 Å². The summed E-state index contributed by atoms with van der Waals surface area (Å²) in [6, 6.07) is 0. The summed E-state index contributed by atoms with van der Waals surface area (Å²) in [6.45, 7) is 6.63. The average molecular weight is 610 g/mol. The molecule has 0 spiro atoms. The maximum atomic E-state index is 12.9. The molecule has 0 aliphatic rings. The lowest BCUT2D eigenvalue weighted by molar-refractivity contribution is -0.168. The van der Waals surface area contributed by atoms with Gasteiger partial charge in [0.15, 0.2) is 17.7 Å². The van der Waals surface area contributed by atoms with Crippen LogP contribution in [0.5, 0.6) is 0 Å². The lowest BCUT2D eigenvalue weighted by atomic mass is 9.83. The summed E-state index contributed by atoms with van der Waals surface area (Å²) in [5.74, 6) is -2.38. The predicted molar refractivity (Wildman–Crippen MR) is 180 cm³/mol. The molecule has 0 heterocycles. The molecule has 0 aromatic rings. The van der Waals surface area contributed by atoms with Gasteiger partial charge in [-0.15, -0.1) is 0 Å². The van der Waals surface area contributed by atoms with Gasteiger partial charge in [-0.25, -0.2) is 0 Å². The van der Waals surface area contributed by atoms with Crippen molar-refractivity contribution in [1.82, 2.24) is 0 Å². The molecule has 0 fully saturated rings. The summed E-state index contributed by atoms with van der Waals surface area (Å²) >= 11 is 0. The van der Waals surface area contributed by atoms with Crippen LogP contribution in [0.2, 0.25) is 0 Å². The predicted octanol–water partition coefficient (Wildman–Crippen LogP) is 9.30. The number of ketones is 2. The molecule has 0 saturated carbocycles. The lowest BCUT2D eigenvalue weighted by Gasteiger charge is -2.28. The number of hydrogen-bond donors (Lipinski definition) is 3. The van der Waals surface area contributed by atoms with Crippen LogP contribution in [-0.2, 0) is 14.4 Å². The van der Waals surface area contributed by atoms with E-state index < -0.39 is 29.2 Å². The number of aliphatic hydroxyl groups excluding tert-OH is 1. The van der Waals surface area contributed by atoms with Crippen molar-refractivity contribution in [3.8, 4) is 0 Å². The Bertz CT molecular complexity index is 696. The molecule has 0 aliphatic carbocycles. The summed E-state index contributed by atoms with van der Waals surface area (Å²) in [7, 11) is 0. The van der Waals surface area contributed by atoms with Crippen LogP contribution in [0.15, 0.2) is 0 Å². The molecule has 0 aliphatic heterocycles. The normalized spacial score (nSPS) is 14.3. The van der Waals surface area contributed by atoms with E-state index >= 15 is 0 Å². The van der Waals surface area contributed by atoms with E-state index in [0.29, 0.717) is 18.8 Å². The van der Waals surface area contributed by atoms with Crippen molar-refractivity contribution in [2.24, 2.45) is 11.7 Å². The van der Waals surface area contributed by atoms with E-state index in [2.05, 4.69) is 20.8 Å². The first-order chi connectivity index (χ1) is 20.7. The first-order valence-corrected chi connectivity index (χ1v) is 18.5. The second-order valence-electron chi connectivity index (χ2n) is 13.2. The number of hydrogen-bond acceptors (Lipinski definition) is 5. The van der Waals surface area contributed by atoms with Crippen LogP contribution in [0.25, 0.3) is 0 Å². The molecule has 6 heteroatoms. The third-order valence-corrected chi connectivity index (χ3v) is 9.34. The molecule has 254 valence electrons. The van der Waals surface area contributed by atoms with Crippen molar-refractivity contribution >= 4 is 17.5 Å². The van der Waals surface area contributed by atoms with Gasteiger partial charge in [-0.3, -0.25) is 14.4 Å². The summed E-state index contributed by atoms with van der Waals surface area (Å²) in [5.41, 5.74) is 2.52. The maximum Gasteiger partial charge on any atom is 0.260 e. The van der Waals surface area contributed by atoms with Crippen molar-refractivity contribution in [3.05, 3.63) is 0 Å². The van der Waals surface area contributed by atoms with E-state index in [0.717, 1.165) is 38.5 Å². The van der Waals surface area contributed by atoms with Crippen molar-refractivity contribution in [2.45, 2.75) is 212 Å². The van der Waals surface area contributed by atoms with Gasteiger partial charge in [0.25, 0.3) is 5.91 Å². The molecule has 0 bridgehead atoms. The number of unbranched alkanes of at least 4 members (excludes halogenated alkanes) is 20. The second-order valence-corrected chi connectivity index (χ2v) is 13.2. The number of rotatable bonds is 33. The molecule has 0 radical (unpaired) electrons. The summed E-state index contributed by atoms with van der Waals surface area (Å²) in [6.07, 6.45) is 28.2. The molecular formula is C37H71NO5. The molecular weight excluding hydrogens is 538 g/mol. The highest BCUT2D eigenvalue weighted by Gasteiger charge is 2.51. The van der Waals surface area contributed by atoms with Gasteiger partial charge in [-0.05, 0) is 18.8 Å². The zero-order valence-electron chi connectivity index (χ0n) is 28.7. The molecule has 3 unspecified atom stereocenters. The summed E-state index contributed by atoms with van der Waals surface area (Å²) in [5, 5.41) is 21.4. The van der Waals surface area contributed by atoms with Crippen molar-refractivity contribution < 1.29 is 24.6 Å². The highest BCUT2D eigenvalue weighted by Crippen LogP contribution is 2.24. The van der Waals surface area contributed by atoms with E-state index in [1.807, 2.05) is 0 Å². The number of Topliss-reactive ketones (excluding diaryl/α,β-unsaturated/α-hetero) is 2. The average Bonchev–Trinajstić information content (AvgIpc) is 3.00. The second kappa shape index (κ2) is 28.2. The first-order valence-electron chi connectivity index (χ1n) is 18.5. The van der Waals surface area contributed by atoms with Crippen LogP contribution in [-0.4, -0.2) is 39.4 Å². The monoisotopic (exact) mass is 610 g/mol. The fraction of sp³-hybridized carbons (Fsp3) is 0.919.